The Morgan fingerprint density at radius 3 is 2.52 bits per heavy atom. The van der Waals surface area contributed by atoms with Crippen LogP contribution in [0.1, 0.15) is 33.0 Å². The van der Waals surface area contributed by atoms with E-state index in [9.17, 15) is 9.59 Å². The van der Waals surface area contributed by atoms with Gasteiger partial charge in [0.05, 0.1) is 4.88 Å². The third-order valence-corrected chi connectivity index (χ3v) is 5.76. The number of hydrogen-bond donors (Lipinski definition) is 1. The first-order valence-corrected chi connectivity index (χ1v) is 10.1. The second-order valence-electron chi connectivity index (χ2n) is 6.93. The molecule has 1 fully saturated rings. The molecule has 1 aliphatic rings. The molecule has 0 spiro atoms. The quantitative estimate of drug-likeness (QED) is 0.741. The van der Waals surface area contributed by atoms with Crippen molar-refractivity contribution in [3.05, 3.63) is 45.8 Å². The summed E-state index contributed by atoms with van der Waals surface area (Å²) in [7, 11) is 2.13. The van der Waals surface area contributed by atoms with Crippen molar-refractivity contribution in [1.82, 2.24) is 15.2 Å². The van der Waals surface area contributed by atoms with E-state index in [2.05, 4.69) is 27.1 Å². The average molecular weight is 387 g/mol. The van der Waals surface area contributed by atoms with E-state index < -0.39 is 0 Å². The number of nitrogens with one attached hydrogen (secondary N) is 1. The molecule has 27 heavy (non-hydrogen) atoms. The Labute approximate surface area is 164 Å². The van der Waals surface area contributed by atoms with Crippen LogP contribution in [0.3, 0.4) is 0 Å². The highest BCUT2D eigenvalue weighted by Gasteiger charge is 2.15. The fraction of sp³-hybridized carbons (Fsp3) is 0.450. The molecule has 0 saturated carbocycles. The number of carbonyl (C=O) groups is 2. The normalized spacial score (nSPS) is 15.0. The third-order valence-electron chi connectivity index (χ3n) is 4.72. The smallest absolute Gasteiger partial charge is 0.220 e. The molecular weight excluding hydrogens is 360 g/mol. The van der Waals surface area contributed by atoms with Crippen molar-refractivity contribution < 1.29 is 9.59 Å². The lowest BCUT2D eigenvalue weighted by molar-refractivity contribution is -0.121. The Bertz CT molecular complexity index is 780. The largest absolute Gasteiger partial charge is 0.354 e. The molecule has 3 rings (SSSR count). The topological polar surface area (TPSA) is 65.5 Å². The molecule has 3 heterocycles. The molecule has 0 aromatic carbocycles. The van der Waals surface area contributed by atoms with E-state index in [1.54, 1.807) is 0 Å². The number of piperazine rings is 1. The summed E-state index contributed by atoms with van der Waals surface area (Å²) in [6, 6.07) is 7.76. The number of pyridine rings is 1. The van der Waals surface area contributed by atoms with Crippen molar-refractivity contribution >= 4 is 28.8 Å². The van der Waals surface area contributed by atoms with Crippen LogP contribution in [0, 0.1) is 6.92 Å². The van der Waals surface area contributed by atoms with Gasteiger partial charge in [0.15, 0.2) is 5.78 Å². The maximum atomic E-state index is 12.1. The van der Waals surface area contributed by atoms with Gasteiger partial charge in [0.1, 0.15) is 5.82 Å². The monoisotopic (exact) mass is 386 g/mol. The predicted molar refractivity (Wildman–Crippen MR) is 108 cm³/mol. The molecule has 1 saturated heterocycles. The van der Waals surface area contributed by atoms with Crippen LogP contribution in [-0.4, -0.2) is 54.8 Å². The lowest BCUT2D eigenvalue weighted by atomic mass is 10.2. The number of nitrogens with zero attached hydrogens (tertiary/aromatic N) is 3. The van der Waals surface area contributed by atoms with Crippen LogP contribution in [0.25, 0.3) is 0 Å². The summed E-state index contributed by atoms with van der Waals surface area (Å²) in [6.07, 6.45) is 2.27. The Morgan fingerprint density at radius 2 is 1.89 bits per heavy atom. The van der Waals surface area contributed by atoms with Gasteiger partial charge in [0, 0.05) is 56.6 Å². The van der Waals surface area contributed by atoms with Gasteiger partial charge in [-0.3, -0.25) is 9.59 Å². The number of anilines is 1. The van der Waals surface area contributed by atoms with E-state index in [-0.39, 0.29) is 24.5 Å². The summed E-state index contributed by atoms with van der Waals surface area (Å²) < 4.78 is 0. The molecule has 0 unspecified atom stereocenters. The lowest BCUT2D eigenvalue weighted by Gasteiger charge is -2.33. The molecule has 144 valence electrons. The van der Waals surface area contributed by atoms with Crippen molar-refractivity contribution in [1.29, 1.82) is 0 Å². The molecule has 2 aromatic heterocycles. The zero-order chi connectivity index (χ0) is 19.2. The molecule has 0 bridgehead atoms. The minimum absolute atomic E-state index is 0.0291. The van der Waals surface area contributed by atoms with E-state index in [4.69, 9.17) is 0 Å². The summed E-state index contributed by atoms with van der Waals surface area (Å²) >= 11 is 1.47. The van der Waals surface area contributed by atoms with Gasteiger partial charge in [-0.1, -0.05) is 6.07 Å². The van der Waals surface area contributed by atoms with E-state index in [1.165, 1.54) is 11.3 Å². The van der Waals surface area contributed by atoms with Crippen LogP contribution in [0.2, 0.25) is 0 Å². The fourth-order valence-electron chi connectivity index (χ4n) is 2.97. The number of rotatable bonds is 7. The molecule has 0 atom stereocenters. The van der Waals surface area contributed by atoms with Gasteiger partial charge in [0.2, 0.25) is 5.91 Å². The first kappa shape index (κ1) is 19.5. The van der Waals surface area contributed by atoms with Gasteiger partial charge in [-0.2, -0.15) is 0 Å². The lowest BCUT2D eigenvalue weighted by Crippen LogP contribution is -2.44. The summed E-state index contributed by atoms with van der Waals surface area (Å²) in [5, 5.41) is 2.87. The standard InChI is InChI=1S/C20H26N4O2S/c1-15-3-6-18(27-15)17(25)5-8-20(26)22-14-16-4-7-19(21-13-16)24-11-9-23(2)10-12-24/h3-4,6-7,13H,5,8-12,14H2,1-2H3,(H,22,26). The number of thiophene rings is 1. The van der Waals surface area contributed by atoms with Crippen LogP contribution in [-0.2, 0) is 11.3 Å². The molecule has 0 aliphatic carbocycles. The molecule has 6 nitrogen and oxygen atoms in total. The Hall–Kier alpha value is -2.25. The van der Waals surface area contributed by atoms with Crippen molar-refractivity contribution in [3.8, 4) is 0 Å². The predicted octanol–water partition coefficient (Wildman–Crippen LogP) is 2.48. The second-order valence-corrected chi connectivity index (χ2v) is 8.21. The summed E-state index contributed by atoms with van der Waals surface area (Å²) in [5.74, 6) is 0.899. The van der Waals surface area contributed by atoms with Crippen LogP contribution in [0.5, 0.6) is 0 Å². The molecular formula is C20H26N4O2S. The number of amides is 1. The van der Waals surface area contributed by atoms with E-state index >= 15 is 0 Å². The minimum atomic E-state index is -0.111. The van der Waals surface area contributed by atoms with E-state index in [0.29, 0.717) is 6.54 Å². The molecule has 1 aliphatic heterocycles. The number of likely N-dealkylation sites (N-methyl/N-ethyl adjacent to an activating group) is 1. The van der Waals surface area contributed by atoms with Gasteiger partial charge in [-0.05, 0) is 37.7 Å². The first-order chi connectivity index (χ1) is 13.0. The van der Waals surface area contributed by atoms with Crippen molar-refractivity contribution in [2.24, 2.45) is 0 Å². The van der Waals surface area contributed by atoms with Crippen LogP contribution >= 0.6 is 11.3 Å². The first-order valence-electron chi connectivity index (χ1n) is 9.26. The molecule has 0 radical (unpaired) electrons. The zero-order valence-electron chi connectivity index (χ0n) is 15.9. The Balaban J connectivity index is 1.41. The van der Waals surface area contributed by atoms with Gasteiger partial charge < -0.3 is 15.1 Å². The number of aryl methyl sites for hydroxylation is 1. The summed E-state index contributed by atoms with van der Waals surface area (Å²) in [5.41, 5.74) is 0.960. The number of Topliss-reactive ketones (excluding diaryl/α,β-unsaturated/α-hetero) is 1. The highest BCUT2D eigenvalue weighted by molar-refractivity contribution is 7.14. The maximum Gasteiger partial charge on any atom is 0.220 e. The number of ketones is 1. The SMILES string of the molecule is Cc1ccc(C(=O)CCC(=O)NCc2ccc(N3CCN(C)CC3)nc2)s1. The zero-order valence-corrected chi connectivity index (χ0v) is 16.7. The minimum Gasteiger partial charge on any atom is -0.354 e. The Morgan fingerprint density at radius 1 is 1.11 bits per heavy atom. The van der Waals surface area contributed by atoms with E-state index in [0.717, 1.165) is 47.3 Å². The van der Waals surface area contributed by atoms with Gasteiger partial charge in [-0.15, -0.1) is 11.3 Å². The molecule has 1 amide bonds. The highest BCUT2D eigenvalue weighted by atomic mass is 32.1. The van der Waals surface area contributed by atoms with E-state index in [1.807, 2.05) is 37.4 Å². The van der Waals surface area contributed by atoms with Gasteiger partial charge in [-0.25, -0.2) is 4.98 Å². The Kier molecular flexibility index (Phi) is 6.58. The third kappa shape index (κ3) is 5.61. The summed E-state index contributed by atoms with van der Waals surface area (Å²) in [4.78, 5) is 35.0. The number of hydrogen-bond acceptors (Lipinski definition) is 6. The van der Waals surface area contributed by atoms with Crippen LogP contribution in [0.15, 0.2) is 30.5 Å². The molecule has 7 heteroatoms. The van der Waals surface area contributed by atoms with Crippen molar-refractivity contribution in [2.45, 2.75) is 26.3 Å². The summed E-state index contributed by atoms with van der Waals surface area (Å²) in [6.45, 7) is 6.46. The van der Waals surface area contributed by atoms with Crippen LogP contribution in [0.4, 0.5) is 5.82 Å². The van der Waals surface area contributed by atoms with Crippen molar-refractivity contribution in [3.63, 3.8) is 0 Å². The van der Waals surface area contributed by atoms with Crippen molar-refractivity contribution in [2.75, 3.05) is 38.1 Å². The van der Waals surface area contributed by atoms with Gasteiger partial charge >= 0.3 is 0 Å². The van der Waals surface area contributed by atoms with Gasteiger partial charge in [0.25, 0.3) is 0 Å². The molecule has 2 aromatic rings. The number of aromatic nitrogens is 1. The molecule has 1 N–H and O–H groups in total. The number of carbonyl (C=O) groups excluding carboxylic acids is 2. The second kappa shape index (κ2) is 9.10. The average Bonchev–Trinajstić information content (AvgIpc) is 3.12. The highest BCUT2D eigenvalue weighted by Crippen LogP contribution is 2.17. The van der Waals surface area contributed by atoms with Crippen LogP contribution < -0.4 is 10.2 Å². The fourth-order valence-corrected chi connectivity index (χ4v) is 3.80. The maximum absolute atomic E-state index is 12.1.